The summed E-state index contributed by atoms with van der Waals surface area (Å²) in [7, 11) is 0. The lowest BCUT2D eigenvalue weighted by Gasteiger charge is -2.21. The molecule has 1 unspecified atom stereocenters. The van der Waals surface area contributed by atoms with Crippen molar-refractivity contribution in [3.05, 3.63) is 18.5 Å². The highest BCUT2D eigenvalue weighted by atomic mass is 16.4. The molecule has 1 aromatic rings. The Kier molecular flexibility index (Phi) is 4.85. The number of nitrogens with zero attached hydrogens (tertiary/aromatic N) is 2. The van der Waals surface area contributed by atoms with Crippen LogP contribution in [-0.4, -0.2) is 44.0 Å². The lowest BCUT2D eigenvalue weighted by atomic mass is 10.0. The molecule has 1 aromatic heterocycles. The minimum atomic E-state index is -1.44. The topological polar surface area (TPSA) is 104 Å². The van der Waals surface area contributed by atoms with Crippen molar-refractivity contribution in [2.24, 2.45) is 0 Å². The molecule has 7 heteroatoms. The molecule has 1 amide bonds. The van der Waals surface area contributed by atoms with E-state index in [2.05, 4.69) is 10.4 Å². The highest BCUT2D eigenvalue weighted by molar-refractivity contribution is 5.76. The van der Waals surface area contributed by atoms with Crippen molar-refractivity contribution in [3.63, 3.8) is 0 Å². The summed E-state index contributed by atoms with van der Waals surface area (Å²) in [6.45, 7) is 1.73. The van der Waals surface area contributed by atoms with E-state index in [1.165, 1.54) is 6.92 Å². The van der Waals surface area contributed by atoms with Gasteiger partial charge in [-0.25, -0.2) is 0 Å². The second-order valence-electron chi connectivity index (χ2n) is 4.36. The third kappa shape index (κ3) is 5.44. The van der Waals surface area contributed by atoms with Crippen molar-refractivity contribution < 1.29 is 19.8 Å². The van der Waals surface area contributed by atoms with Gasteiger partial charge in [0.25, 0.3) is 0 Å². The number of carbonyl (C=O) groups is 2. The molecule has 1 rings (SSSR count). The summed E-state index contributed by atoms with van der Waals surface area (Å²) in [6, 6.07) is 1.76. The zero-order chi connectivity index (χ0) is 13.6. The Morgan fingerprint density at radius 1 is 1.50 bits per heavy atom. The third-order valence-corrected chi connectivity index (χ3v) is 2.33. The summed E-state index contributed by atoms with van der Waals surface area (Å²) in [5, 5.41) is 24.7. The maximum absolute atomic E-state index is 11.5. The maximum Gasteiger partial charge on any atom is 0.306 e. The number of carboxylic acids is 1. The largest absolute Gasteiger partial charge is 0.481 e. The number of aliphatic hydroxyl groups is 1. The van der Waals surface area contributed by atoms with Gasteiger partial charge in [0.2, 0.25) is 5.91 Å². The number of rotatable bonds is 7. The van der Waals surface area contributed by atoms with Gasteiger partial charge in [-0.05, 0) is 13.0 Å². The van der Waals surface area contributed by atoms with Crippen molar-refractivity contribution in [1.29, 1.82) is 0 Å². The van der Waals surface area contributed by atoms with E-state index in [-0.39, 0.29) is 18.9 Å². The summed E-state index contributed by atoms with van der Waals surface area (Å²) in [5.74, 6) is -1.36. The fourth-order valence-electron chi connectivity index (χ4n) is 1.41. The van der Waals surface area contributed by atoms with Gasteiger partial charge in [-0.3, -0.25) is 14.3 Å². The van der Waals surface area contributed by atoms with Crippen LogP contribution >= 0.6 is 0 Å². The van der Waals surface area contributed by atoms with E-state index in [0.29, 0.717) is 6.54 Å². The van der Waals surface area contributed by atoms with Gasteiger partial charge in [0, 0.05) is 31.9 Å². The number of hydrogen-bond donors (Lipinski definition) is 3. The minimum Gasteiger partial charge on any atom is -0.481 e. The molecule has 0 aromatic carbocycles. The average molecular weight is 255 g/mol. The Morgan fingerprint density at radius 2 is 2.22 bits per heavy atom. The number of carboxylic acid groups (broad SMARTS) is 1. The lowest BCUT2D eigenvalue weighted by Crippen LogP contribution is -2.42. The zero-order valence-electron chi connectivity index (χ0n) is 10.2. The van der Waals surface area contributed by atoms with Gasteiger partial charge < -0.3 is 15.5 Å². The molecule has 0 fully saturated rings. The monoisotopic (exact) mass is 255 g/mol. The molecule has 0 saturated carbocycles. The van der Waals surface area contributed by atoms with Crippen LogP contribution in [-0.2, 0) is 16.1 Å². The number of aryl methyl sites for hydroxylation is 1. The van der Waals surface area contributed by atoms with Gasteiger partial charge >= 0.3 is 5.97 Å². The first-order valence-electron chi connectivity index (χ1n) is 5.57. The summed E-state index contributed by atoms with van der Waals surface area (Å²) >= 11 is 0. The van der Waals surface area contributed by atoms with Crippen LogP contribution in [0.5, 0.6) is 0 Å². The molecule has 18 heavy (non-hydrogen) atoms. The van der Waals surface area contributed by atoms with Crippen molar-refractivity contribution in [3.8, 4) is 0 Å². The van der Waals surface area contributed by atoms with Crippen LogP contribution in [0.4, 0.5) is 0 Å². The highest BCUT2D eigenvalue weighted by Crippen LogP contribution is 2.07. The molecule has 7 nitrogen and oxygen atoms in total. The Labute approximate surface area is 104 Å². The Bertz CT molecular complexity index is 400. The molecule has 0 saturated heterocycles. The van der Waals surface area contributed by atoms with Crippen molar-refractivity contribution in [2.45, 2.75) is 31.9 Å². The average Bonchev–Trinajstić information content (AvgIpc) is 2.74. The van der Waals surface area contributed by atoms with E-state index in [1.807, 2.05) is 0 Å². The third-order valence-electron chi connectivity index (χ3n) is 2.33. The molecule has 1 heterocycles. The second kappa shape index (κ2) is 6.15. The van der Waals surface area contributed by atoms with Crippen molar-refractivity contribution in [2.75, 3.05) is 6.54 Å². The molecule has 1 atom stereocenters. The second-order valence-corrected chi connectivity index (χ2v) is 4.36. The SMILES string of the molecule is CC(O)(CNC(=O)CCn1cccn1)CC(=O)O. The molecule has 0 aliphatic rings. The Morgan fingerprint density at radius 3 is 2.78 bits per heavy atom. The Hall–Kier alpha value is -1.89. The van der Waals surface area contributed by atoms with Crippen molar-refractivity contribution in [1.82, 2.24) is 15.1 Å². The summed E-state index contributed by atoms with van der Waals surface area (Å²) in [6.07, 6.45) is 3.18. The standard InChI is InChI=1S/C11H17N3O4/c1-11(18,7-10(16)17)8-12-9(15)3-6-14-5-2-4-13-14/h2,4-5,18H,3,6-8H2,1H3,(H,12,15)(H,16,17). The van der Waals surface area contributed by atoms with Crippen LogP contribution in [0.1, 0.15) is 19.8 Å². The van der Waals surface area contributed by atoms with Gasteiger partial charge in [0.05, 0.1) is 12.0 Å². The predicted octanol–water partition coefficient (Wildman–Crippen LogP) is -0.385. The number of carbonyl (C=O) groups excluding carboxylic acids is 1. The lowest BCUT2D eigenvalue weighted by molar-refractivity contribution is -0.142. The van der Waals surface area contributed by atoms with Gasteiger partial charge in [-0.1, -0.05) is 0 Å². The van der Waals surface area contributed by atoms with E-state index in [1.54, 1.807) is 23.1 Å². The summed E-state index contributed by atoms with van der Waals surface area (Å²) < 4.78 is 1.62. The maximum atomic E-state index is 11.5. The van der Waals surface area contributed by atoms with Crippen LogP contribution in [0.25, 0.3) is 0 Å². The Balaban J connectivity index is 2.26. The van der Waals surface area contributed by atoms with Gasteiger partial charge in [0.1, 0.15) is 0 Å². The fourth-order valence-corrected chi connectivity index (χ4v) is 1.41. The van der Waals surface area contributed by atoms with Crippen molar-refractivity contribution >= 4 is 11.9 Å². The quantitative estimate of drug-likeness (QED) is 0.615. The van der Waals surface area contributed by atoms with Crippen LogP contribution < -0.4 is 5.32 Å². The molecular formula is C11H17N3O4. The van der Waals surface area contributed by atoms with E-state index in [0.717, 1.165) is 0 Å². The minimum absolute atomic E-state index is 0.0861. The molecule has 0 spiro atoms. The zero-order valence-corrected chi connectivity index (χ0v) is 10.2. The highest BCUT2D eigenvalue weighted by Gasteiger charge is 2.24. The number of aliphatic carboxylic acids is 1. The summed E-state index contributed by atoms with van der Waals surface area (Å²) in [4.78, 5) is 21.9. The normalized spacial score (nSPS) is 13.9. The molecule has 3 N–H and O–H groups in total. The first-order chi connectivity index (χ1) is 8.39. The van der Waals surface area contributed by atoms with E-state index in [9.17, 15) is 14.7 Å². The number of amides is 1. The van der Waals surface area contributed by atoms with Crippen LogP contribution in [0.15, 0.2) is 18.5 Å². The van der Waals surface area contributed by atoms with Gasteiger partial charge in [0.15, 0.2) is 0 Å². The van der Waals surface area contributed by atoms with E-state index in [4.69, 9.17) is 5.11 Å². The molecule has 0 aliphatic heterocycles. The summed E-state index contributed by atoms with van der Waals surface area (Å²) in [5.41, 5.74) is -1.44. The molecule has 0 radical (unpaired) electrons. The predicted molar refractivity (Wildman–Crippen MR) is 62.7 cm³/mol. The smallest absolute Gasteiger partial charge is 0.306 e. The first kappa shape index (κ1) is 14.2. The molecule has 0 aliphatic carbocycles. The van der Waals surface area contributed by atoms with Crippen LogP contribution in [0.3, 0.4) is 0 Å². The number of hydrogen-bond acceptors (Lipinski definition) is 4. The van der Waals surface area contributed by atoms with E-state index >= 15 is 0 Å². The molecule has 0 bridgehead atoms. The number of nitrogens with one attached hydrogen (secondary N) is 1. The molecular weight excluding hydrogens is 238 g/mol. The number of aromatic nitrogens is 2. The first-order valence-corrected chi connectivity index (χ1v) is 5.57. The van der Waals surface area contributed by atoms with Gasteiger partial charge in [-0.2, -0.15) is 5.10 Å². The van der Waals surface area contributed by atoms with E-state index < -0.39 is 18.0 Å². The molecule has 100 valence electrons. The van der Waals surface area contributed by atoms with Crippen LogP contribution in [0.2, 0.25) is 0 Å². The van der Waals surface area contributed by atoms with Crippen LogP contribution in [0, 0.1) is 0 Å². The fraction of sp³-hybridized carbons (Fsp3) is 0.545. The van der Waals surface area contributed by atoms with Gasteiger partial charge in [-0.15, -0.1) is 0 Å².